The summed E-state index contributed by atoms with van der Waals surface area (Å²) < 4.78 is 10.7. The molecule has 5 heteroatoms. The van der Waals surface area contributed by atoms with Gasteiger partial charge in [0.15, 0.2) is 11.6 Å². The zero-order valence-corrected chi connectivity index (χ0v) is 18.3. The summed E-state index contributed by atoms with van der Waals surface area (Å²) in [5.74, 6) is 1.18. The van der Waals surface area contributed by atoms with Crippen LogP contribution in [0.4, 0.5) is 0 Å². The van der Waals surface area contributed by atoms with E-state index < -0.39 is 0 Å². The van der Waals surface area contributed by atoms with E-state index in [0.29, 0.717) is 22.6 Å². The largest absolute Gasteiger partial charge is 0.496 e. The molecule has 0 aliphatic heterocycles. The molecule has 3 rings (SSSR count). The third kappa shape index (κ3) is 4.68. The molecular formula is C25H26O4S. The van der Waals surface area contributed by atoms with Gasteiger partial charge in [-0.1, -0.05) is 55.8 Å². The van der Waals surface area contributed by atoms with Crippen molar-refractivity contribution in [1.29, 1.82) is 0 Å². The van der Waals surface area contributed by atoms with Crippen LogP contribution >= 0.6 is 11.8 Å². The van der Waals surface area contributed by atoms with Crippen LogP contribution in [0.3, 0.4) is 0 Å². The molecular weight excluding hydrogens is 396 g/mol. The Morgan fingerprint density at radius 2 is 1.63 bits per heavy atom. The Bertz CT molecular complexity index is 976. The molecule has 2 aromatic carbocycles. The maximum atomic E-state index is 13.4. The Morgan fingerprint density at radius 1 is 0.967 bits per heavy atom. The van der Waals surface area contributed by atoms with Gasteiger partial charge in [-0.05, 0) is 30.2 Å². The summed E-state index contributed by atoms with van der Waals surface area (Å²) in [5.41, 5.74) is 2.27. The highest BCUT2D eigenvalue weighted by Gasteiger charge is 2.34. The maximum Gasteiger partial charge on any atom is 0.194 e. The van der Waals surface area contributed by atoms with Gasteiger partial charge in [0.25, 0.3) is 0 Å². The highest BCUT2D eigenvalue weighted by atomic mass is 32.2. The van der Waals surface area contributed by atoms with E-state index in [1.165, 1.54) is 20.3 Å². The predicted molar refractivity (Wildman–Crippen MR) is 123 cm³/mol. The third-order valence-corrected chi connectivity index (χ3v) is 6.27. The highest BCUT2D eigenvalue weighted by molar-refractivity contribution is 8.00. The fourth-order valence-corrected chi connectivity index (χ4v) is 4.74. The topological polar surface area (TPSA) is 52.6 Å². The van der Waals surface area contributed by atoms with Crippen LogP contribution < -0.4 is 9.47 Å². The number of carbonyl (C=O) groups excluding carboxylic acids is 2. The molecule has 2 aromatic rings. The van der Waals surface area contributed by atoms with Gasteiger partial charge in [0.1, 0.15) is 11.5 Å². The van der Waals surface area contributed by atoms with Gasteiger partial charge in [0, 0.05) is 16.6 Å². The number of carbonyl (C=O) groups is 2. The molecule has 0 amide bonds. The quantitative estimate of drug-likeness (QED) is 0.525. The molecule has 0 bridgehead atoms. The third-order valence-electron chi connectivity index (χ3n) is 4.99. The maximum absolute atomic E-state index is 13.4. The van der Waals surface area contributed by atoms with Gasteiger partial charge in [-0.15, -0.1) is 11.8 Å². The zero-order chi connectivity index (χ0) is 21.5. The van der Waals surface area contributed by atoms with Crippen LogP contribution in [0.25, 0.3) is 6.08 Å². The molecule has 0 saturated heterocycles. The fourth-order valence-electron chi connectivity index (χ4n) is 3.55. The molecule has 30 heavy (non-hydrogen) atoms. The van der Waals surface area contributed by atoms with Crippen molar-refractivity contribution in [3.8, 4) is 11.5 Å². The lowest BCUT2D eigenvalue weighted by Crippen LogP contribution is -2.25. The van der Waals surface area contributed by atoms with E-state index in [1.54, 1.807) is 23.9 Å². The first-order valence-corrected chi connectivity index (χ1v) is 11.0. The summed E-state index contributed by atoms with van der Waals surface area (Å²) in [6.45, 7) is 2.08. The van der Waals surface area contributed by atoms with Crippen molar-refractivity contribution in [3.63, 3.8) is 0 Å². The summed E-state index contributed by atoms with van der Waals surface area (Å²) in [7, 11) is 3.00. The molecule has 0 saturated carbocycles. The van der Waals surface area contributed by atoms with Crippen molar-refractivity contribution in [2.45, 2.75) is 25.0 Å². The molecule has 0 fully saturated rings. The number of hydrogen-bond acceptors (Lipinski definition) is 5. The number of methoxy groups -OCH3 is 2. The van der Waals surface area contributed by atoms with E-state index in [9.17, 15) is 9.59 Å². The van der Waals surface area contributed by atoms with Crippen molar-refractivity contribution in [1.82, 2.24) is 0 Å². The van der Waals surface area contributed by atoms with Crippen LogP contribution in [0.5, 0.6) is 11.5 Å². The Balaban J connectivity index is 1.85. The van der Waals surface area contributed by atoms with E-state index in [1.807, 2.05) is 30.3 Å². The van der Waals surface area contributed by atoms with Gasteiger partial charge >= 0.3 is 0 Å². The van der Waals surface area contributed by atoms with Gasteiger partial charge in [-0.25, -0.2) is 0 Å². The Hall–Kier alpha value is -2.79. The lowest BCUT2D eigenvalue weighted by Gasteiger charge is -2.24. The van der Waals surface area contributed by atoms with Crippen LogP contribution in [0.2, 0.25) is 0 Å². The second-order valence-electron chi connectivity index (χ2n) is 6.94. The lowest BCUT2D eigenvalue weighted by molar-refractivity contribution is 0.0976. The zero-order valence-electron chi connectivity index (χ0n) is 17.5. The number of benzene rings is 2. The van der Waals surface area contributed by atoms with Gasteiger partial charge in [-0.3, -0.25) is 9.59 Å². The minimum Gasteiger partial charge on any atom is -0.496 e. The number of hydrogen-bond donors (Lipinski definition) is 0. The molecule has 1 aliphatic rings. The average Bonchev–Trinajstić information content (AvgIpc) is 2.78. The van der Waals surface area contributed by atoms with Crippen molar-refractivity contribution in [2.24, 2.45) is 0 Å². The van der Waals surface area contributed by atoms with Crippen molar-refractivity contribution in [3.05, 3.63) is 76.9 Å². The molecule has 0 aromatic heterocycles. The number of allylic oxidation sites excluding steroid dienone is 1. The van der Waals surface area contributed by atoms with E-state index >= 15 is 0 Å². The van der Waals surface area contributed by atoms with Crippen LogP contribution in [0.15, 0.2) is 60.2 Å². The van der Waals surface area contributed by atoms with E-state index in [-0.39, 0.29) is 22.4 Å². The summed E-state index contributed by atoms with van der Waals surface area (Å²) in [6.07, 6.45) is 7.38. The Labute approximate surface area is 182 Å². The molecule has 4 nitrogen and oxygen atoms in total. The minimum absolute atomic E-state index is 0.0593. The van der Waals surface area contributed by atoms with Crippen LogP contribution in [0, 0.1) is 0 Å². The number of fused-ring (bicyclic) bond motifs is 1. The van der Waals surface area contributed by atoms with Gasteiger partial charge in [0.05, 0.1) is 25.3 Å². The van der Waals surface area contributed by atoms with E-state index in [2.05, 4.69) is 19.1 Å². The summed E-state index contributed by atoms with van der Waals surface area (Å²) in [6, 6.07) is 13.4. The molecule has 0 heterocycles. The van der Waals surface area contributed by atoms with E-state index in [4.69, 9.17) is 9.47 Å². The number of thioether (sulfide) groups is 1. The van der Waals surface area contributed by atoms with Crippen LogP contribution in [0.1, 0.15) is 46.0 Å². The standard InChI is InChI=1S/C25H26O4S/c1-4-9-22(30-15-8-12-17-10-6-5-7-11-17)18-16-19(26)23-20(28-2)13-14-21(29-3)24(23)25(18)27/h5-8,10-14,16,22H,4,9,15H2,1-3H3. The van der Waals surface area contributed by atoms with Crippen molar-refractivity contribution in [2.75, 3.05) is 20.0 Å². The van der Waals surface area contributed by atoms with Gasteiger partial charge in [-0.2, -0.15) is 0 Å². The van der Waals surface area contributed by atoms with Crippen LogP contribution in [-0.2, 0) is 0 Å². The highest BCUT2D eigenvalue weighted by Crippen LogP contribution is 2.39. The monoisotopic (exact) mass is 422 g/mol. The normalized spacial score (nSPS) is 14.4. The molecule has 1 aliphatic carbocycles. The fraction of sp³-hybridized carbons (Fsp3) is 0.280. The van der Waals surface area contributed by atoms with Crippen molar-refractivity contribution >= 4 is 29.4 Å². The molecule has 156 valence electrons. The number of Topliss-reactive ketones (excluding diaryl/α,β-unsaturated/α-hetero) is 1. The van der Waals surface area contributed by atoms with E-state index in [0.717, 1.165) is 24.2 Å². The average molecular weight is 423 g/mol. The number of ketones is 2. The molecule has 1 unspecified atom stereocenters. The summed E-state index contributed by atoms with van der Waals surface area (Å²) in [5, 5.41) is -0.0593. The summed E-state index contributed by atoms with van der Waals surface area (Å²) in [4.78, 5) is 26.3. The molecule has 0 spiro atoms. The second kappa shape index (κ2) is 10.3. The van der Waals surface area contributed by atoms with Crippen LogP contribution in [-0.4, -0.2) is 36.8 Å². The number of ether oxygens (including phenoxy) is 2. The number of rotatable bonds is 9. The molecule has 1 atom stereocenters. The van der Waals surface area contributed by atoms with Crippen molar-refractivity contribution < 1.29 is 19.1 Å². The second-order valence-corrected chi connectivity index (χ2v) is 8.17. The Morgan fingerprint density at radius 3 is 2.27 bits per heavy atom. The predicted octanol–water partition coefficient (Wildman–Crippen LogP) is 5.62. The lowest BCUT2D eigenvalue weighted by atomic mass is 9.86. The summed E-state index contributed by atoms with van der Waals surface area (Å²) >= 11 is 1.68. The molecule has 0 radical (unpaired) electrons. The SMILES string of the molecule is CCCC(SCC=Cc1ccccc1)C1=CC(=O)c2c(OC)ccc(OC)c2C1=O. The first-order chi connectivity index (χ1) is 14.6. The first-order valence-electron chi connectivity index (χ1n) is 9.99. The Kier molecular flexibility index (Phi) is 7.52. The van der Waals surface area contributed by atoms with Gasteiger partial charge in [0.2, 0.25) is 0 Å². The molecule has 0 N–H and O–H groups in total. The minimum atomic E-state index is -0.211. The smallest absolute Gasteiger partial charge is 0.194 e. The first kappa shape index (κ1) is 21.9. The van der Waals surface area contributed by atoms with Gasteiger partial charge < -0.3 is 9.47 Å².